The molecule has 0 bridgehead atoms. The molecular weight excluding hydrogens is 314 g/mol. The number of piperazine rings is 1. The number of para-hydroxylation sites is 1. The molecule has 1 N–H and O–H groups in total. The Kier molecular flexibility index (Phi) is 4.56. The number of nitrogens with one attached hydrogen (secondary N) is 1. The predicted octanol–water partition coefficient (Wildman–Crippen LogP) is 2.28. The van der Waals surface area contributed by atoms with Crippen LogP contribution in [0.2, 0.25) is 0 Å². The van der Waals surface area contributed by atoms with Crippen LogP contribution in [0, 0.1) is 0 Å². The van der Waals surface area contributed by atoms with Gasteiger partial charge in [0, 0.05) is 31.2 Å². The summed E-state index contributed by atoms with van der Waals surface area (Å²) in [6, 6.07) is 10.0. The van der Waals surface area contributed by atoms with Crippen LogP contribution in [0.4, 0.5) is 0 Å². The summed E-state index contributed by atoms with van der Waals surface area (Å²) in [6.07, 6.45) is 1.77. The first-order valence-electron chi connectivity index (χ1n) is 7.41. The van der Waals surface area contributed by atoms with Gasteiger partial charge in [-0.3, -0.25) is 9.88 Å². The molecule has 6 nitrogen and oxygen atoms in total. The van der Waals surface area contributed by atoms with E-state index in [0.29, 0.717) is 5.89 Å². The Hall–Kier alpha value is -2.02. The zero-order valence-corrected chi connectivity index (χ0v) is 13.6. The molecule has 23 heavy (non-hydrogen) atoms. The maximum absolute atomic E-state index is 5.52. The molecular formula is C16H18ClN5O. The average molecular weight is 332 g/mol. The molecule has 1 saturated heterocycles. The van der Waals surface area contributed by atoms with Crippen LogP contribution in [0.5, 0.6) is 0 Å². The highest BCUT2D eigenvalue weighted by Gasteiger charge is 2.25. The molecule has 0 spiro atoms. The number of rotatable bonds is 2. The van der Waals surface area contributed by atoms with E-state index < -0.39 is 0 Å². The molecule has 0 aliphatic carbocycles. The first kappa shape index (κ1) is 15.9. The average Bonchev–Trinajstić information content (AvgIpc) is 3.04. The van der Waals surface area contributed by atoms with Crippen LogP contribution >= 0.6 is 12.4 Å². The van der Waals surface area contributed by atoms with Crippen molar-refractivity contribution in [3.63, 3.8) is 0 Å². The van der Waals surface area contributed by atoms with Crippen molar-refractivity contribution in [1.29, 1.82) is 0 Å². The van der Waals surface area contributed by atoms with Gasteiger partial charge in [-0.15, -0.1) is 12.4 Å². The second-order valence-corrected chi connectivity index (χ2v) is 5.53. The van der Waals surface area contributed by atoms with Crippen LogP contribution < -0.4 is 5.32 Å². The van der Waals surface area contributed by atoms with Gasteiger partial charge in [0.2, 0.25) is 0 Å². The molecule has 1 atom stereocenters. The lowest BCUT2D eigenvalue weighted by molar-refractivity contribution is 0.190. The molecule has 4 rings (SSSR count). The summed E-state index contributed by atoms with van der Waals surface area (Å²) in [5.41, 5.74) is 1.85. The second-order valence-electron chi connectivity index (χ2n) is 5.53. The second kappa shape index (κ2) is 6.62. The van der Waals surface area contributed by atoms with Gasteiger partial charge in [0.05, 0.1) is 17.1 Å². The van der Waals surface area contributed by atoms with Crippen LogP contribution in [0.25, 0.3) is 22.4 Å². The van der Waals surface area contributed by atoms with Gasteiger partial charge in [-0.25, -0.2) is 0 Å². The number of benzene rings is 1. The van der Waals surface area contributed by atoms with Crippen molar-refractivity contribution < 1.29 is 4.52 Å². The van der Waals surface area contributed by atoms with Crippen molar-refractivity contribution in [3.05, 3.63) is 42.4 Å². The van der Waals surface area contributed by atoms with E-state index in [4.69, 9.17) is 4.52 Å². The number of likely N-dealkylation sites (N-methyl/N-ethyl adjacent to an activating group) is 1. The van der Waals surface area contributed by atoms with E-state index in [-0.39, 0.29) is 18.4 Å². The predicted molar refractivity (Wildman–Crippen MR) is 90.5 cm³/mol. The van der Waals surface area contributed by atoms with Crippen molar-refractivity contribution in [1.82, 2.24) is 25.3 Å². The van der Waals surface area contributed by atoms with E-state index in [1.165, 1.54) is 0 Å². The molecule has 120 valence electrons. The van der Waals surface area contributed by atoms with E-state index in [1.807, 2.05) is 30.3 Å². The van der Waals surface area contributed by atoms with Crippen molar-refractivity contribution in [2.24, 2.45) is 0 Å². The summed E-state index contributed by atoms with van der Waals surface area (Å²) in [5, 5.41) is 8.58. The number of nitrogens with zero attached hydrogens (tertiary/aromatic N) is 4. The SMILES string of the molecule is CN1CCNCC1c1noc(-c2ccnc3ccccc23)n1.Cl. The van der Waals surface area contributed by atoms with Crippen molar-refractivity contribution >= 4 is 23.3 Å². The molecule has 1 aliphatic heterocycles. The smallest absolute Gasteiger partial charge is 0.258 e. The minimum Gasteiger partial charge on any atom is -0.334 e. The third kappa shape index (κ3) is 2.93. The van der Waals surface area contributed by atoms with Crippen LogP contribution in [-0.4, -0.2) is 46.7 Å². The van der Waals surface area contributed by atoms with Crippen molar-refractivity contribution in [2.75, 3.05) is 26.7 Å². The lowest BCUT2D eigenvalue weighted by Crippen LogP contribution is -2.44. The number of aromatic nitrogens is 3. The van der Waals surface area contributed by atoms with Gasteiger partial charge in [-0.2, -0.15) is 4.98 Å². The summed E-state index contributed by atoms with van der Waals surface area (Å²) >= 11 is 0. The molecule has 1 fully saturated rings. The minimum atomic E-state index is 0. The van der Waals surface area contributed by atoms with Crippen LogP contribution in [0.1, 0.15) is 11.9 Å². The van der Waals surface area contributed by atoms with Gasteiger partial charge in [-0.05, 0) is 19.2 Å². The van der Waals surface area contributed by atoms with Crippen LogP contribution in [0.3, 0.4) is 0 Å². The zero-order chi connectivity index (χ0) is 14.9. The van der Waals surface area contributed by atoms with Crippen LogP contribution in [0.15, 0.2) is 41.1 Å². The summed E-state index contributed by atoms with van der Waals surface area (Å²) < 4.78 is 5.52. The Morgan fingerprint density at radius 2 is 2.13 bits per heavy atom. The third-order valence-electron chi connectivity index (χ3n) is 4.13. The Labute approximate surface area is 140 Å². The maximum Gasteiger partial charge on any atom is 0.258 e. The molecule has 0 radical (unpaired) electrons. The fourth-order valence-electron chi connectivity index (χ4n) is 2.86. The summed E-state index contributed by atoms with van der Waals surface area (Å²) in [7, 11) is 2.09. The quantitative estimate of drug-likeness (QED) is 0.777. The highest BCUT2D eigenvalue weighted by atomic mass is 35.5. The van der Waals surface area contributed by atoms with E-state index in [1.54, 1.807) is 6.20 Å². The Morgan fingerprint density at radius 1 is 1.26 bits per heavy atom. The molecule has 1 unspecified atom stereocenters. The summed E-state index contributed by atoms with van der Waals surface area (Å²) in [6.45, 7) is 2.81. The molecule has 0 amide bonds. The molecule has 2 aromatic heterocycles. The third-order valence-corrected chi connectivity index (χ3v) is 4.13. The van der Waals surface area contributed by atoms with Gasteiger partial charge < -0.3 is 9.84 Å². The molecule has 3 heterocycles. The zero-order valence-electron chi connectivity index (χ0n) is 12.8. The first-order chi connectivity index (χ1) is 10.8. The fraction of sp³-hybridized carbons (Fsp3) is 0.312. The summed E-state index contributed by atoms with van der Waals surface area (Å²) in [4.78, 5) is 11.2. The Morgan fingerprint density at radius 3 is 3.00 bits per heavy atom. The van der Waals surface area contributed by atoms with Gasteiger partial charge in [0.15, 0.2) is 5.82 Å². The van der Waals surface area contributed by atoms with Crippen LogP contribution in [-0.2, 0) is 0 Å². The highest BCUT2D eigenvalue weighted by molar-refractivity contribution is 5.91. The number of fused-ring (bicyclic) bond motifs is 1. The number of hydrogen-bond acceptors (Lipinski definition) is 6. The Balaban J connectivity index is 0.00000156. The lowest BCUT2D eigenvalue weighted by Gasteiger charge is -2.30. The minimum absolute atomic E-state index is 0. The van der Waals surface area contributed by atoms with E-state index >= 15 is 0 Å². The molecule has 1 aliphatic rings. The molecule has 1 aromatic carbocycles. The first-order valence-corrected chi connectivity index (χ1v) is 7.41. The standard InChI is InChI=1S/C16H17N5O.ClH/c1-21-9-8-17-10-14(21)15-19-16(22-20-15)12-6-7-18-13-5-3-2-4-11(12)13;/h2-7,14,17H,8-10H2,1H3;1H. The maximum atomic E-state index is 5.52. The number of halogens is 1. The fourth-order valence-corrected chi connectivity index (χ4v) is 2.86. The number of hydrogen-bond donors (Lipinski definition) is 1. The van der Waals surface area contributed by atoms with Gasteiger partial charge in [-0.1, -0.05) is 23.4 Å². The monoisotopic (exact) mass is 331 g/mol. The normalized spacial score (nSPS) is 18.7. The van der Waals surface area contributed by atoms with E-state index in [2.05, 4.69) is 32.4 Å². The van der Waals surface area contributed by atoms with Gasteiger partial charge in [0.1, 0.15) is 0 Å². The lowest BCUT2D eigenvalue weighted by atomic mass is 10.1. The topological polar surface area (TPSA) is 67.1 Å². The Bertz CT molecular complexity index is 801. The van der Waals surface area contributed by atoms with E-state index in [9.17, 15) is 0 Å². The molecule has 3 aromatic rings. The van der Waals surface area contributed by atoms with Gasteiger partial charge in [0.25, 0.3) is 5.89 Å². The largest absolute Gasteiger partial charge is 0.334 e. The highest BCUT2D eigenvalue weighted by Crippen LogP contribution is 2.27. The molecule has 7 heteroatoms. The summed E-state index contributed by atoms with van der Waals surface area (Å²) in [5.74, 6) is 1.28. The molecule has 0 saturated carbocycles. The van der Waals surface area contributed by atoms with E-state index in [0.717, 1.165) is 41.9 Å². The van der Waals surface area contributed by atoms with Gasteiger partial charge >= 0.3 is 0 Å². The van der Waals surface area contributed by atoms with Crippen molar-refractivity contribution in [3.8, 4) is 11.5 Å². The van der Waals surface area contributed by atoms with Crippen molar-refractivity contribution in [2.45, 2.75) is 6.04 Å². The number of pyridine rings is 1.